The van der Waals surface area contributed by atoms with Gasteiger partial charge < -0.3 is 5.32 Å². The first kappa shape index (κ1) is 14.4. The van der Waals surface area contributed by atoms with Crippen molar-refractivity contribution in [1.82, 2.24) is 0 Å². The zero-order valence-electron chi connectivity index (χ0n) is 10.5. The standard InChI is InChI=1S/C15H14INOS/c1-11(19-14-5-3-2-4-6-14)15(18)17-13-9-7-12(16)8-10-13/h2-11H,1H3,(H,17,18)/t11-/m1/s1. The summed E-state index contributed by atoms with van der Waals surface area (Å²) in [5.41, 5.74) is 0.839. The highest BCUT2D eigenvalue weighted by Gasteiger charge is 2.14. The lowest BCUT2D eigenvalue weighted by Gasteiger charge is -2.12. The second-order valence-electron chi connectivity index (χ2n) is 4.07. The van der Waals surface area contributed by atoms with Crippen molar-refractivity contribution in [2.45, 2.75) is 17.1 Å². The van der Waals surface area contributed by atoms with Gasteiger partial charge in [0.15, 0.2) is 0 Å². The van der Waals surface area contributed by atoms with Crippen molar-refractivity contribution in [3.63, 3.8) is 0 Å². The molecule has 2 aromatic carbocycles. The molecule has 1 amide bonds. The number of carbonyl (C=O) groups is 1. The number of benzene rings is 2. The lowest BCUT2D eigenvalue weighted by Crippen LogP contribution is -2.22. The van der Waals surface area contributed by atoms with E-state index in [-0.39, 0.29) is 11.2 Å². The van der Waals surface area contributed by atoms with E-state index in [0.717, 1.165) is 14.2 Å². The molecule has 0 aliphatic carbocycles. The maximum absolute atomic E-state index is 12.1. The summed E-state index contributed by atoms with van der Waals surface area (Å²) in [6.07, 6.45) is 0. The maximum Gasteiger partial charge on any atom is 0.237 e. The van der Waals surface area contributed by atoms with Crippen molar-refractivity contribution in [3.8, 4) is 0 Å². The van der Waals surface area contributed by atoms with Gasteiger partial charge in [-0.15, -0.1) is 11.8 Å². The zero-order chi connectivity index (χ0) is 13.7. The Morgan fingerprint density at radius 3 is 2.37 bits per heavy atom. The number of thioether (sulfide) groups is 1. The molecule has 0 saturated carbocycles. The van der Waals surface area contributed by atoms with E-state index in [4.69, 9.17) is 0 Å². The predicted molar refractivity (Wildman–Crippen MR) is 89.5 cm³/mol. The Labute approximate surface area is 131 Å². The number of hydrogen-bond donors (Lipinski definition) is 1. The molecule has 0 aliphatic heterocycles. The predicted octanol–water partition coefficient (Wildman–Crippen LogP) is 4.41. The van der Waals surface area contributed by atoms with Crippen molar-refractivity contribution < 1.29 is 4.79 Å². The molecule has 0 saturated heterocycles. The van der Waals surface area contributed by atoms with Gasteiger partial charge in [0.05, 0.1) is 5.25 Å². The zero-order valence-corrected chi connectivity index (χ0v) is 13.4. The minimum atomic E-state index is -0.123. The van der Waals surface area contributed by atoms with Crippen molar-refractivity contribution >= 4 is 45.9 Å². The lowest BCUT2D eigenvalue weighted by molar-refractivity contribution is -0.115. The highest BCUT2D eigenvalue weighted by molar-refractivity contribution is 14.1. The number of anilines is 1. The van der Waals surface area contributed by atoms with Crippen LogP contribution in [0.4, 0.5) is 5.69 Å². The average molecular weight is 383 g/mol. The van der Waals surface area contributed by atoms with E-state index in [1.54, 1.807) is 11.8 Å². The highest BCUT2D eigenvalue weighted by Crippen LogP contribution is 2.23. The van der Waals surface area contributed by atoms with E-state index in [1.807, 2.05) is 61.5 Å². The summed E-state index contributed by atoms with van der Waals surface area (Å²) in [5.74, 6) is 0.0232. The third-order valence-corrected chi connectivity index (χ3v) is 4.37. The maximum atomic E-state index is 12.1. The fraction of sp³-hybridized carbons (Fsp3) is 0.133. The number of halogens is 1. The minimum absolute atomic E-state index is 0.0232. The van der Waals surface area contributed by atoms with Crippen LogP contribution in [0, 0.1) is 3.57 Å². The first-order valence-corrected chi connectivity index (χ1v) is 7.89. The van der Waals surface area contributed by atoms with E-state index in [1.165, 1.54) is 0 Å². The Hall–Kier alpha value is -1.01. The summed E-state index contributed by atoms with van der Waals surface area (Å²) in [7, 11) is 0. The molecular formula is C15H14INOS. The molecule has 0 radical (unpaired) electrons. The number of carbonyl (C=O) groups excluding carboxylic acids is 1. The van der Waals surface area contributed by atoms with Gasteiger partial charge in [-0.25, -0.2) is 0 Å². The van der Waals surface area contributed by atoms with Crippen LogP contribution in [-0.2, 0) is 4.79 Å². The summed E-state index contributed by atoms with van der Waals surface area (Å²) in [5, 5.41) is 2.80. The van der Waals surface area contributed by atoms with E-state index in [2.05, 4.69) is 27.9 Å². The van der Waals surface area contributed by atoms with Gasteiger partial charge in [-0.3, -0.25) is 4.79 Å². The lowest BCUT2D eigenvalue weighted by atomic mass is 10.3. The summed E-state index contributed by atoms with van der Waals surface area (Å²) >= 11 is 3.80. The molecule has 0 unspecified atom stereocenters. The summed E-state index contributed by atoms with van der Waals surface area (Å²) in [6.45, 7) is 1.92. The molecule has 19 heavy (non-hydrogen) atoms. The van der Waals surface area contributed by atoms with Crippen LogP contribution in [-0.4, -0.2) is 11.2 Å². The first-order chi connectivity index (χ1) is 9.15. The van der Waals surface area contributed by atoms with Gasteiger partial charge in [-0.05, 0) is 65.9 Å². The van der Waals surface area contributed by atoms with Gasteiger partial charge in [0.2, 0.25) is 5.91 Å². The van der Waals surface area contributed by atoms with Gasteiger partial charge in [-0.1, -0.05) is 18.2 Å². The number of rotatable bonds is 4. The van der Waals surface area contributed by atoms with Crippen LogP contribution >= 0.6 is 34.4 Å². The van der Waals surface area contributed by atoms with Gasteiger partial charge in [0, 0.05) is 14.2 Å². The average Bonchev–Trinajstić information content (AvgIpc) is 2.42. The normalized spacial score (nSPS) is 11.9. The quantitative estimate of drug-likeness (QED) is 0.626. The molecule has 0 aromatic heterocycles. The van der Waals surface area contributed by atoms with Crippen molar-refractivity contribution in [2.75, 3.05) is 5.32 Å². The second kappa shape index (κ2) is 6.96. The third kappa shape index (κ3) is 4.54. The highest BCUT2D eigenvalue weighted by atomic mass is 127. The minimum Gasteiger partial charge on any atom is -0.325 e. The van der Waals surface area contributed by atoms with Crippen LogP contribution in [0.25, 0.3) is 0 Å². The monoisotopic (exact) mass is 383 g/mol. The summed E-state index contributed by atoms with van der Waals surface area (Å²) in [6, 6.07) is 17.7. The van der Waals surface area contributed by atoms with Crippen LogP contribution in [0.5, 0.6) is 0 Å². The third-order valence-electron chi connectivity index (χ3n) is 2.54. The molecule has 2 rings (SSSR count). The molecule has 0 fully saturated rings. The van der Waals surface area contributed by atoms with Gasteiger partial charge in [-0.2, -0.15) is 0 Å². The molecule has 4 heteroatoms. The molecule has 2 aromatic rings. The molecule has 0 spiro atoms. The number of nitrogens with one attached hydrogen (secondary N) is 1. The van der Waals surface area contributed by atoms with Crippen LogP contribution in [0.2, 0.25) is 0 Å². The summed E-state index contributed by atoms with van der Waals surface area (Å²) < 4.78 is 1.15. The van der Waals surface area contributed by atoms with Crippen LogP contribution in [0.15, 0.2) is 59.5 Å². The van der Waals surface area contributed by atoms with Crippen molar-refractivity contribution in [1.29, 1.82) is 0 Å². The van der Waals surface area contributed by atoms with Crippen molar-refractivity contribution in [3.05, 3.63) is 58.2 Å². The van der Waals surface area contributed by atoms with E-state index in [0.29, 0.717) is 0 Å². The Morgan fingerprint density at radius 1 is 1.11 bits per heavy atom. The second-order valence-corrected chi connectivity index (χ2v) is 6.73. The van der Waals surface area contributed by atoms with Crippen LogP contribution in [0.3, 0.4) is 0 Å². The Bertz CT molecular complexity index is 542. The number of hydrogen-bond acceptors (Lipinski definition) is 2. The fourth-order valence-corrected chi connectivity index (χ4v) is 2.78. The van der Waals surface area contributed by atoms with E-state index in [9.17, 15) is 4.79 Å². The van der Waals surface area contributed by atoms with Gasteiger partial charge in [0.25, 0.3) is 0 Å². The fourth-order valence-electron chi connectivity index (χ4n) is 1.53. The smallest absolute Gasteiger partial charge is 0.237 e. The Morgan fingerprint density at radius 2 is 1.74 bits per heavy atom. The molecule has 98 valence electrons. The van der Waals surface area contributed by atoms with Crippen LogP contribution < -0.4 is 5.32 Å². The summed E-state index contributed by atoms with van der Waals surface area (Å²) in [4.78, 5) is 13.2. The molecule has 0 aliphatic rings. The van der Waals surface area contributed by atoms with Crippen molar-refractivity contribution in [2.24, 2.45) is 0 Å². The van der Waals surface area contributed by atoms with E-state index >= 15 is 0 Å². The van der Waals surface area contributed by atoms with E-state index < -0.39 is 0 Å². The topological polar surface area (TPSA) is 29.1 Å². The molecule has 1 atom stereocenters. The Balaban J connectivity index is 1.94. The molecule has 2 nitrogen and oxygen atoms in total. The molecule has 0 heterocycles. The Kier molecular flexibility index (Phi) is 5.27. The number of amides is 1. The molecular weight excluding hydrogens is 369 g/mol. The largest absolute Gasteiger partial charge is 0.325 e. The molecule has 1 N–H and O–H groups in total. The molecule has 0 bridgehead atoms. The first-order valence-electron chi connectivity index (χ1n) is 5.93. The SMILES string of the molecule is C[C@@H](Sc1ccccc1)C(=O)Nc1ccc(I)cc1. The van der Waals surface area contributed by atoms with Crippen LogP contribution in [0.1, 0.15) is 6.92 Å². The van der Waals surface area contributed by atoms with Gasteiger partial charge in [0.1, 0.15) is 0 Å². The van der Waals surface area contributed by atoms with Gasteiger partial charge >= 0.3 is 0 Å².